The van der Waals surface area contributed by atoms with Crippen LogP contribution in [0, 0.1) is 0 Å². The van der Waals surface area contributed by atoms with Crippen molar-refractivity contribution in [2.24, 2.45) is 0 Å². The van der Waals surface area contributed by atoms with Crippen LogP contribution in [0.15, 0.2) is 48.5 Å². The van der Waals surface area contributed by atoms with Crippen LogP contribution in [0.5, 0.6) is 11.5 Å². The van der Waals surface area contributed by atoms with Gasteiger partial charge in [-0.2, -0.15) is 0 Å². The Labute approximate surface area is 159 Å². The molecule has 1 heterocycles. The van der Waals surface area contributed by atoms with Crippen molar-refractivity contribution < 1.29 is 19.1 Å². The fourth-order valence-corrected chi connectivity index (χ4v) is 3.03. The lowest BCUT2D eigenvalue weighted by molar-refractivity contribution is -0.128. The smallest absolute Gasteiger partial charge is 0.251 e. The van der Waals surface area contributed by atoms with Crippen LogP contribution < -0.4 is 14.8 Å². The molecule has 2 aromatic carbocycles. The standard InChI is InChI=1S/C21H24N2O4/c1-26-18-7-3-8-19(14-18)27-12-10-22-21(25)17-6-2-5-16(13-17)15-23-11-4-9-20(23)24/h2-3,5-8,13-14H,4,9-12,15H2,1H3,(H,22,25). The Bertz CT molecular complexity index is 806. The van der Waals surface area contributed by atoms with Crippen LogP contribution in [-0.2, 0) is 11.3 Å². The maximum Gasteiger partial charge on any atom is 0.251 e. The molecule has 0 atom stereocenters. The highest BCUT2D eigenvalue weighted by atomic mass is 16.5. The highest BCUT2D eigenvalue weighted by molar-refractivity contribution is 5.94. The summed E-state index contributed by atoms with van der Waals surface area (Å²) in [6.07, 6.45) is 1.53. The van der Waals surface area contributed by atoms with Crippen molar-refractivity contribution in [3.63, 3.8) is 0 Å². The van der Waals surface area contributed by atoms with Crippen molar-refractivity contribution in [1.82, 2.24) is 10.2 Å². The Hall–Kier alpha value is -3.02. The molecule has 0 unspecified atom stereocenters. The van der Waals surface area contributed by atoms with Crippen molar-refractivity contribution in [2.45, 2.75) is 19.4 Å². The number of likely N-dealkylation sites (tertiary alicyclic amines) is 1. The molecule has 0 spiro atoms. The summed E-state index contributed by atoms with van der Waals surface area (Å²) in [4.78, 5) is 25.9. The van der Waals surface area contributed by atoms with E-state index in [9.17, 15) is 9.59 Å². The maximum atomic E-state index is 12.3. The van der Waals surface area contributed by atoms with E-state index in [4.69, 9.17) is 9.47 Å². The van der Waals surface area contributed by atoms with Gasteiger partial charge in [-0.05, 0) is 36.2 Å². The summed E-state index contributed by atoms with van der Waals surface area (Å²) >= 11 is 0. The zero-order valence-corrected chi connectivity index (χ0v) is 15.4. The summed E-state index contributed by atoms with van der Waals surface area (Å²) in [5.41, 5.74) is 1.55. The SMILES string of the molecule is COc1cccc(OCCNC(=O)c2cccc(CN3CCCC3=O)c2)c1. The molecule has 1 fully saturated rings. The molecule has 142 valence electrons. The summed E-state index contributed by atoms with van der Waals surface area (Å²) < 4.78 is 10.8. The van der Waals surface area contributed by atoms with E-state index in [1.54, 1.807) is 19.2 Å². The number of benzene rings is 2. The number of nitrogens with zero attached hydrogens (tertiary/aromatic N) is 1. The number of methoxy groups -OCH3 is 1. The molecular weight excluding hydrogens is 344 g/mol. The molecule has 0 bridgehead atoms. The van der Waals surface area contributed by atoms with Gasteiger partial charge in [-0.25, -0.2) is 0 Å². The van der Waals surface area contributed by atoms with Gasteiger partial charge in [0.1, 0.15) is 18.1 Å². The third-order valence-electron chi connectivity index (χ3n) is 4.43. The summed E-state index contributed by atoms with van der Waals surface area (Å²) in [6.45, 7) is 2.10. The van der Waals surface area contributed by atoms with Gasteiger partial charge in [0.05, 0.1) is 13.7 Å². The number of carbonyl (C=O) groups excluding carboxylic acids is 2. The fourth-order valence-electron chi connectivity index (χ4n) is 3.03. The van der Waals surface area contributed by atoms with E-state index < -0.39 is 0 Å². The number of nitrogens with one attached hydrogen (secondary N) is 1. The Morgan fingerprint density at radius 2 is 1.96 bits per heavy atom. The second kappa shape index (κ2) is 9.07. The molecule has 0 aromatic heterocycles. The normalized spacial score (nSPS) is 13.5. The minimum absolute atomic E-state index is 0.154. The van der Waals surface area contributed by atoms with E-state index in [0.717, 1.165) is 24.3 Å². The van der Waals surface area contributed by atoms with Gasteiger partial charge in [-0.1, -0.05) is 18.2 Å². The molecule has 1 N–H and O–H groups in total. The zero-order valence-electron chi connectivity index (χ0n) is 15.4. The molecule has 0 aliphatic carbocycles. The largest absolute Gasteiger partial charge is 0.497 e. The van der Waals surface area contributed by atoms with Gasteiger partial charge in [0, 0.05) is 31.1 Å². The quantitative estimate of drug-likeness (QED) is 0.728. The summed E-state index contributed by atoms with van der Waals surface area (Å²) in [7, 11) is 1.60. The van der Waals surface area contributed by atoms with Crippen LogP contribution >= 0.6 is 0 Å². The predicted molar refractivity (Wildman–Crippen MR) is 102 cm³/mol. The zero-order chi connectivity index (χ0) is 19.1. The third kappa shape index (κ3) is 5.23. The summed E-state index contributed by atoms with van der Waals surface area (Å²) in [6, 6.07) is 14.7. The van der Waals surface area contributed by atoms with Gasteiger partial charge >= 0.3 is 0 Å². The maximum absolute atomic E-state index is 12.3. The Kier molecular flexibility index (Phi) is 6.30. The summed E-state index contributed by atoms with van der Waals surface area (Å²) in [5, 5.41) is 2.85. The first-order valence-electron chi connectivity index (χ1n) is 9.07. The average molecular weight is 368 g/mol. The number of amides is 2. The van der Waals surface area contributed by atoms with E-state index in [1.807, 2.05) is 41.3 Å². The number of rotatable bonds is 8. The van der Waals surface area contributed by atoms with Crippen LogP contribution in [0.25, 0.3) is 0 Å². The van der Waals surface area contributed by atoms with Crippen LogP contribution in [-0.4, -0.2) is 43.5 Å². The van der Waals surface area contributed by atoms with E-state index in [2.05, 4.69) is 5.32 Å². The van der Waals surface area contributed by atoms with Gasteiger partial charge in [0.15, 0.2) is 0 Å². The molecule has 27 heavy (non-hydrogen) atoms. The molecule has 0 saturated carbocycles. The average Bonchev–Trinajstić information content (AvgIpc) is 3.10. The molecule has 1 aliphatic heterocycles. The molecule has 6 heteroatoms. The van der Waals surface area contributed by atoms with Crippen LogP contribution in [0.1, 0.15) is 28.8 Å². The second-order valence-corrected chi connectivity index (χ2v) is 6.40. The first-order chi connectivity index (χ1) is 13.2. The molecule has 0 radical (unpaired) electrons. The third-order valence-corrected chi connectivity index (χ3v) is 4.43. The van der Waals surface area contributed by atoms with Gasteiger partial charge in [-0.3, -0.25) is 9.59 Å². The molecule has 3 rings (SSSR count). The molecular formula is C21H24N2O4. The van der Waals surface area contributed by atoms with Crippen molar-refractivity contribution in [3.8, 4) is 11.5 Å². The molecule has 1 aliphatic rings. The molecule has 2 amide bonds. The van der Waals surface area contributed by atoms with Crippen LogP contribution in [0.2, 0.25) is 0 Å². The van der Waals surface area contributed by atoms with Crippen molar-refractivity contribution in [2.75, 3.05) is 26.8 Å². The van der Waals surface area contributed by atoms with E-state index >= 15 is 0 Å². The van der Waals surface area contributed by atoms with Gasteiger partial charge in [0.25, 0.3) is 5.91 Å². The molecule has 1 saturated heterocycles. The Morgan fingerprint density at radius 1 is 1.15 bits per heavy atom. The lowest BCUT2D eigenvalue weighted by Gasteiger charge is -2.16. The van der Waals surface area contributed by atoms with Crippen molar-refractivity contribution in [3.05, 3.63) is 59.7 Å². The second-order valence-electron chi connectivity index (χ2n) is 6.40. The molecule has 2 aromatic rings. The predicted octanol–water partition coefficient (Wildman–Crippen LogP) is 2.63. The van der Waals surface area contributed by atoms with Crippen LogP contribution in [0.4, 0.5) is 0 Å². The van der Waals surface area contributed by atoms with Crippen LogP contribution in [0.3, 0.4) is 0 Å². The highest BCUT2D eigenvalue weighted by Gasteiger charge is 2.20. The van der Waals surface area contributed by atoms with Crippen molar-refractivity contribution >= 4 is 11.8 Å². The van der Waals surface area contributed by atoms with E-state index in [1.165, 1.54) is 0 Å². The van der Waals surface area contributed by atoms with Gasteiger partial charge in [-0.15, -0.1) is 0 Å². The first kappa shape index (κ1) is 18.8. The Balaban J connectivity index is 1.47. The number of carbonyl (C=O) groups is 2. The minimum atomic E-state index is -0.154. The molecule has 6 nitrogen and oxygen atoms in total. The number of ether oxygens (including phenoxy) is 2. The number of hydrogen-bond acceptors (Lipinski definition) is 4. The first-order valence-corrected chi connectivity index (χ1v) is 9.07. The highest BCUT2D eigenvalue weighted by Crippen LogP contribution is 2.18. The summed E-state index contributed by atoms with van der Waals surface area (Å²) in [5.74, 6) is 1.45. The topological polar surface area (TPSA) is 67.9 Å². The van der Waals surface area contributed by atoms with E-state index in [0.29, 0.717) is 37.4 Å². The number of hydrogen-bond donors (Lipinski definition) is 1. The van der Waals surface area contributed by atoms with Crippen molar-refractivity contribution in [1.29, 1.82) is 0 Å². The lowest BCUT2D eigenvalue weighted by atomic mass is 10.1. The van der Waals surface area contributed by atoms with Gasteiger partial charge in [0.2, 0.25) is 5.91 Å². The Morgan fingerprint density at radius 3 is 2.74 bits per heavy atom. The lowest BCUT2D eigenvalue weighted by Crippen LogP contribution is -2.28. The fraction of sp³-hybridized carbons (Fsp3) is 0.333. The van der Waals surface area contributed by atoms with Gasteiger partial charge < -0.3 is 19.7 Å². The monoisotopic (exact) mass is 368 g/mol. The van der Waals surface area contributed by atoms with E-state index in [-0.39, 0.29) is 11.8 Å². The minimum Gasteiger partial charge on any atom is -0.497 e.